The molecule has 4 rings (SSSR count). The molecule has 1 aliphatic heterocycles. The molecule has 0 unspecified atom stereocenters. The van der Waals surface area contributed by atoms with E-state index in [0.717, 1.165) is 39.8 Å². The topological polar surface area (TPSA) is 110 Å². The molecule has 0 amide bonds. The minimum absolute atomic E-state index is 0.115. The van der Waals surface area contributed by atoms with Crippen molar-refractivity contribution in [3.63, 3.8) is 0 Å². The van der Waals surface area contributed by atoms with E-state index in [0.29, 0.717) is 29.2 Å². The Morgan fingerprint density at radius 1 is 1.24 bits per heavy atom. The first-order chi connectivity index (χ1) is 17.4. The monoisotopic (exact) mass is 548 g/mol. The van der Waals surface area contributed by atoms with Crippen molar-refractivity contribution in [1.82, 2.24) is 19.1 Å². The number of benzene rings is 1. The fraction of sp³-hybridized carbons (Fsp3) is 0.500. The molecule has 2 atom stereocenters. The number of methoxy groups -OCH3 is 2. The molecule has 37 heavy (non-hydrogen) atoms. The quantitative estimate of drug-likeness (QED) is 0.344. The molecule has 0 spiro atoms. The Bertz CT molecular complexity index is 1370. The summed E-state index contributed by atoms with van der Waals surface area (Å²) in [6.07, 6.45) is 1.16. The van der Waals surface area contributed by atoms with Crippen molar-refractivity contribution in [1.29, 1.82) is 0 Å². The van der Waals surface area contributed by atoms with Gasteiger partial charge >= 0.3 is 11.9 Å². The van der Waals surface area contributed by atoms with Crippen LogP contribution >= 0.6 is 11.6 Å². The van der Waals surface area contributed by atoms with Crippen molar-refractivity contribution in [2.75, 3.05) is 14.2 Å². The second-order valence-electron chi connectivity index (χ2n) is 10.2. The number of hydrogen-bond donors (Lipinski definition) is 1. The van der Waals surface area contributed by atoms with Crippen molar-refractivity contribution in [3.8, 4) is 11.1 Å². The van der Waals surface area contributed by atoms with Crippen LogP contribution in [0.1, 0.15) is 67.1 Å². The van der Waals surface area contributed by atoms with Crippen LogP contribution in [0.5, 0.6) is 0 Å². The number of aryl methyl sites for hydroxylation is 4. The third-order valence-electron chi connectivity index (χ3n) is 6.78. The number of rotatable bonds is 7. The number of carbonyl (C=O) groups excluding carboxylic acids is 2. The molecule has 0 fully saturated rings. The van der Waals surface area contributed by atoms with Gasteiger partial charge in [0.05, 0.1) is 42.2 Å². The van der Waals surface area contributed by atoms with Gasteiger partial charge in [0.15, 0.2) is 0 Å². The summed E-state index contributed by atoms with van der Waals surface area (Å²) in [6.45, 7) is 8.41. The Balaban J connectivity index is 1.95. The highest BCUT2D eigenvalue weighted by molar-refractivity contribution is 7.90. The smallest absolute Gasteiger partial charge is 0.354 e. The first-order valence-corrected chi connectivity index (χ1v) is 13.6. The van der Waals surface area contributed by atoms with Crippen molar-refractivity contribution in [2.24, 2.45) is 7.05 Å². The third-order valence-corrected chi connectivity index (χ3v) is 8.70. The molecule has 3 aromatic rings. The average Bonchev–Trinajstić information content (AvgIpc) is 3.46. The number of ether oxygens (including phenoxy) is 2. The molecule has 0 bridgehead atoms. The summed E-state index contributed by atoms with van der Waals surface area (Å²) in [7, 11) is 4.46. The van der Waals surface area contributed by atoms with E-state index in [9.17, 15) is 14.1 Å². The number of aromatic nitrogens is 3. The largest absolute Gasteiger partial charge is 0.598 e. The Kier molecular flexibility index (Phi) is 7.67. The second kappa shape index (κ2) is 10.3. The molecule has 200 valence electrons. The fourth-order valence-electron chi connectivity index (χ4n) is 5.02. The van der Waals surface area contributed by atoms with E-state index >= 15 is 0 Å². The number of nitrogens with one attached hydrogen (secondary N) is 1. The number of fused-ring (bicyclic) bond motifs is 2. The maximum Gasteiger partial charge on any atom is 0.354 e. The lowest BCUT2D eigenvalue weighted by atomic mass is 9.96. The van der Waals surface area contributed by atoms with Gasteiger partial charge in [0.25, 0.3) is 0 Å². The summed E-state index contributed by atoms with van der Waals surface area (Å²) in [5.74, 6) is -0.870. The highest BCUT2D eigenvalue weighted by atomic mass is 35.5. The predicted molar refractivity (Wildman–Crippen MR) is 144 cm³/mol. The zero-order valence-electron chi connectivity index (χ0n) is 22.2. The van der Waals surface area contributed by atoms with Gasteiger partial charge in [0.1, 0.15) is 10.4 Å². The minimum atomic E-state index is -1.28. The fourth-order valence-corrected chi connectivity index (χ4v) is 6.11. The molecule has 1 aliphatic rings. The highest BCUT2D eigenvalue weighted by Crippen LogP contribution is 2.45. The number of nitrogens with zero attached hydrogens (tertiary/aromatic N) is 3. The Morgan fingerprint density at radius 3 is 2.57 bits per heavy atom. The molecular weight excluding hydrogens is 516 g/mol. The molecule has 1 aromatic carbocycles. The maximum absolute atomic E-state index is 13.0. The lowest BCUT2D eigenvalue weighted by molar-refractivity contribution is -0.140. The van der Waals surface area contributed by atoms with Crippen molar-refractivity contribution in [2.45, 2.75) is 64.3 Å². The van der Waals surface area contributed by atoms with Crippen molar-refractivity contribution < 1.29 is 23.6 Å². The van der Waals surface area contributed by atoms with Crippen LogP contribution in [0.4, 0.5) is 0 Å². The molecule has 11 heteroatoms. The van der Waals surface area contributed by atoms with Gasteiger partial charge in [-0.25, -0.2) is 4.79 Å². The molecular formula is C26H33ClN4O5S. The standard InChI is InChI=1S/C26H33ClN4O5S/c1-14-20(24-18(12-13-31(24)28-14)29-37(34)26(2,3)4)21-17(27)10-8-15-16(9-11-19(32)35-6)23(25(33)36-7)30(5)22(15)21/h8,10,18,29H,9,11-13H2,1-7H3/t18-,37-/m1/s1. The first-order valence-electron chi connectivity index (χ1n) is 12.1. The summed E-state index contributed by atoms with van der Waals surface area (Å²) in [5, 5.41) is 6.08. The highest BCUT2D eigenvalue weighted by Gasteiger charge is 2.37. The number of esters is 2. The maximum atomic E-state index is 13.0. The summed E-state index contributed by atoms with van der Waals surface area (Å²) in [6, 6.07) is 3.49. The molecule has 2 aromatic heterocycles. The molecule has 0 saturated carbocycles. The van der Waals surface area contributed by atoms with Crippen LogP contribution in [0, 0.1) is 6.92 Å². The van der Waals surface area contributed by atoms with Crippen molar-refractivity contribution >= 4 is 45.8 Å². The van der Waals surface area contributed by atoms with Gasteiger partial charge in [0, 0.05) is 47.9 Å². The number of hydrogen-bond acceptors (Lipinski definition) is 7. The Labute approximate surface area is 224 Å². The average molecular weight is 549 g/mol. The summed E-state index contributed by atoms with van der Waals surface area (Å²) < 4.78 is 29.5. The van der Waals surface area contributed by atoms with Gasteiger partial charge in [-0.3, -0.25) is 9.48 Å². The zero-order chi connectivity index (χ0) is 27.2. The van der Waals surface area contributed by atoms with Crippen LogP contribution in [0.3, 0.4) is 0 Å². The van der Waals surface area contributed by atoms with Gasteiger partial charge in [-0.15, -0.1) is 4.72 Å². The summed E-state index contributed by atoms with van der Waals surface area (Å²) in [4.78, 5) is 24.8. The molecule has 0 saturated heterocycles. The Morgan fingerprint density at radius 2 is 1.95 bits per heavy atom. The molecule has 0 aliphatic carbocycles. The van der Waals surface area contributed by atoms with Crippen LogP contribution < -0.4 is 4.72 Å². The van der Waals surface area contributed by atoms with Crippen LogP contribution in [-0.2, 0) is 45.6 Å². The van der Waals surface area contributed by atoms with E-state index in [1.165, 1.54) is 14.2 Å². The molecule has 0 radical (unpaired) electrons. The lowest BCUT2D eigenvalue weighted by Crippen LogP contribution is -2.40. The first kappa shape index (κ1) is 27.5. The van der Waals surface area contributed by atoms with Gasteiger partial charge in [0.2, 0.25) is 0 Å². The predicted octanol–water partition coefficient (Wildman–Crippen LogP) is 4.39. The van der Waals surface area contributed by atoms with Crippen LogP contribution in [0.2, 0.25) is 5.02 Å². The Hall–Kier alpha value is -2.53. The van der Waals surface area contributed by atoms with Crippen LogP contribution in [0.15, 0.2) is 12.1 Å². The second-order valence-corrected chi connectivity index (χ2v) is 12.6. The minimum Gasteiger partial charge on any atom is -0.598 e. The zero-order valence-corrected chi connectivity index (χ0v) is 23.8. The molecule has 3 heterocycles. The molecule has 9 nitrogen and oxygen atoms in total. The lowest BCUT2D eigenvalue weighted by Gasteiger charge is -2.26. The van der Waals surface area contributed by atoms with E-state index < -0.39 is 22.1 Å². The van der Waals surface area contributed by atoms with E-state index in [1.54, 1.807) is 17.7 Å². The van der Waals surface area contributed by atoms with E-state index in [1.807, 2.05) is 38.4 Å². The van der Waals surface area contributed by atoms with Crippen LogP contribution in [0.25, 0.3) is 22.0 Å². The normalized spacial score (nSPS) is 16.2. The van der Waals surface area contributed by atoms with Crippen molar-refractivity contribution in [3.05, 3.63) is 39.8 Å². The SMILES string of the molecule is COC(=O)CCc1c(C(=O)OC)n(C)c2c(-c3c(C)nn4c3[C@H](N[S@+]([O-])C(C)(C)C)CC4)c(Cl)ccc12. The van der Waals surface area contributed by atoms with Gasteiger partial charge in [-0.05, 0) is 52.2 Å². The third kappa shape index (κ3) is 4.87. The van der Waals surface area contributed by atoms with E-state index in [-0.39, 0.29) is 18.4 Å². The number of carbonyl (C=O) groups is 2. The summed E-state index contributed by atoms with van der Waals surface area (Å²) >= 11 is 5.59. The van der Waals surface area contributed by atoms with E-state index in [4.69, 9.17) is 26.2 Å². The number of halogens is 1. The molecule has 1 N–H and O–H groups in total. The van der Waals surface area contributed by atoms with E-state index in [2.05, 4.69) is 4.72 Å². The van der Waals surface area contributed by atoms with Gasteiger partial charge < -0.3 is 18.6 Å². The van der Waals surface area contributed by atoms with Gasteiger partial charge in [-0.1, -0.05) is 17.7 Å². The van der Waals surface area contributed by atoms with Gasteiger partial charge in [-0.2, -0.15) is 5.10 Å². The summed E-state index contributed by atoms with van der Waals surface area (Å²) in [5.41, 5.74) is 5.09. The van der Waals surface area contributed by atoms with Crippen LogP contribution in [-0.4, -0.2) is 49.8 Å².